The van der Waals surface area contributed by atoms with E-state index in [-0.39, 0.29) is 36.6 Å². The van der Waals surface area contributed by atoms with Gasteiger partial charge in [0.1, 0.15) is 5.82 Å². The first kappa shape index (κ1) is 20.1. The first-order valence-corrected chi connectivity index (χ1v) is 6.83. The second kappa shape index (κ2) is 7.96. The normalized spacial score (nSPS) is 24.7. The standard InChI is InChI=1S/C13H23N5O.2ClH/c1-9-16-17-11(18(9)3)8-15-12(19)10-6-4-5-7-13(10,2)14;;/h10H,4-8,14H2,1-3H3,(H,15,19);2*1H. The van der Waals surface area contributed by atoms with Crippen molar-refractivity contribution < 1.29 is 4.79 Å². The number of rotatable bonds is 3. The third kappa shape index (κ3) is 4.56. The molecule has 2 rings (SSSR count). The molecule has 0 spiro atoms. The maximum absolute atomic E-state index is 12.3. The Labute approximate surface area is 138 Å². The lowest BCUT2D eigenvalue weighted by Gasteiger charge is -2.37. The predicted octanol–water partition coefficient (Wildman–Crippen LogP) is 1.49. The van der Waals surface area contributed by atoms with Crippen molar-refractivity contribution in [3.63, 3.8) is 0 Å². The van der Waals surface area contributed by atoms with Crippen LogP contribution in [0.1, 0.15) is 44.3 Å². The van der Waals surface area contributed by atoms with Crippen LogP contribution in [0.5, 0.6) is 0 Å². The Morgan fingerprint density at radius 1 is 1.43 bits per heavy atom. The summed E-state index contributed by atoms with van der Waals surface area (Å²) >= 11 is 0. The Kier molecular flexibility index (Phi) is 7.64. The van der Waals surface area contributed by atoms with Crippen molar-refractivity contribution in [2.24, 2.45) is 18.7 Å². The van der Waals surface area contributed by atoms with E-state index in [1.165, 1.54) is 0 Å². The quantitative estimate of drug-likeness (QED) is 0.874. The predicted molar refractivity (Wildman–Crippen MR) is 86.6 cm³/mol. The molecule has 0 saturated heterocycles. The molecule has 1 saturated carbocycles. The molecule has 0 bridgehead atoms. The number of nitrogens with zero attached hydrogens (tertiary/aromatic N) is 3. The number of carbonyl (C=O) groups excluding carboxylic acids is 1. The van der Waals surface area contributed by atoms with Crippen molar-refractivity contribution in [2.45, 2.75) is 51.6 Å². The minimum Gasteiger partial charge on any atom is -0.348 e. The largest absolute Gasteiger partial charge is 0.348 e. The highest BCUT2D eigenvalue weighted by atomic mass is 35.5. The molecule has 2 atom stereocenters. The van der Waals surface area contributed by atoms with Crippen LogP contribution in [0.2, 0.25) is 0 Å². The number of aromatic nitrogens is 3. The van der Waals surface area contributed by atoms with Crippen LogP contribution in [0.4, 0.5) is 0 Å². The van der Waals surface area contributed by atoms with Gasteiger partial charge in [-0.1, -0.05) is 12.8 Å². The fraction of sp³-hybridized carbons (Fsp3) is 0.769. The van der Waals surface area contributed by atoms with Gasteiger partial charge in [-0.15, -0.1) is 35.0 Å². The highest BCUT2D eigenvalue weighted by Gasteiger charge is 2.37. The van der Waals surface area contributed by atoms with Crippen LogP contribution in [0.25, 0.3) is 0 Å². The van der Waals surface area contributed by atoms with E-state index in [1.807, 2.05) is 25.5 Å². The van der Waals surface area contributed by atoms with Crippen LogP contribution >= 0.6 is 24.8 Å². The molecule has 0 aromatic carbocycles. The Bertz CT molecular complexity index is 475. The van der Waals surface area contributed by atoms with Gasteiger partial charge < -0.3 is 15.6 Å². The summed E-state index contributed by atoms with van der Waals surface area (Å²) in [6.45, 7) is 4.27. The summed E-state index contributed by atoms with van der Waals surface area (Å²) in [7, 11) is 1.89. The van der Waals surface area contributed by atoms with Crippen molar-refractivity contribution in [1.29, 1.82) is 0 Å². The molecular formula is C13H25Cl2N5O. The van der Waals surface area contributed by atoms with Gasteiger partial charge in [-0.25, -0.2) is 0 Å². The van der Waals surface area contributed by atoms with Crippen molar-refractivity contribution in [3.8, 4) is 0 Å². The van der Waals surface area contributed by atoms with Crippen LogP contribution in [-0.4, -0.2) is 26.2 Å². The Morgan fingerprint density at radius 2 is 2.10 bits per heavy atom. The highest BCUT2D eigenvalue weighted by Crippen LogP contribution is 2.31. The molecule has 1 aliphatic rings. The number of nitrogens with one attached hydrogen (secondary N) is 1. The number of nitrogens with two attached hydrogens (primary N) is 1. The summed E-state index contributed by atoms with van der Waals surface area (Å²) in [6, 6.07) is 0. The molecule has 0 radical (unpaired) electrons. The van der Waals surface area contributed by atoms with E-state index in [2.05, 4.69) is 15.5 Å². The van der Waals surface area contributed by atoms with Gasteiger partial charge in [0.05, 0.1) is 12.5 Å². The zero-order valence-corrected chi connectivity index (χ0v) is 14.4. The van der Waals surface area contributed by atoms with Crippen molar-refractivity contribution in [3.05, 3.63) is 11.6 Å². The van der Waals surface area contributed by atoms with Gasteiger partial charge in [0.25, 0.3) is 0 Å². The van der Waals surface area contributed by atoms with Crippen molar-refractivity contribution in [2.75, 3.05) is 0 Å². The summed E-state index contributed by atoms with van der Waals surface area (Å²) < 4.78 is 1.88. The molecule has 0 aliphatic heterocycles. The average Bonchev–Trinajstić information content (AvgIpc) is 2.66. The number of hydrogen-bond donors (Lipinski definition) is 2. The highest BCUT2D eigenvalue weighted by molar-refractivity contribution is 5.85. The Hall–Kier alpha value is -0.850. The monoisotopic (exact) mass is 337 g/mol. The molecule has 6 nitrogen and oxygen atoms in total. The fourth-order valence-electron chi connectivity index (χ4n) is 2.68. The average molecular weight is 338 g/mol. The summed E-state index contributed by atoms with van der Waals surface area (Å²) in [4.78, 5) is 12.3. The second-order valence-corrected chi connectivity index (χ2v) is 5.74. The molecule has 122 valence electrons. The Morgan fingerprint density at radius 3 is 2.62 bits per heavy atom. The molecule has 21 heavy (non-hydrogen) atoms. The smallest absolute Gasteiger partial charge is 0.225 e. The van der Waals surface area contributed by atoms with E-state index in [9.17, 15) is 4.79 Å². The topological polar surface area (TPSA) is 85.8 Å². The van der Waals surface area contributed by atoms with E-state index < -0.39 is 5.54 Å². The van der Waals surface area contributed by atoms with Gasteiger partial charge in [0, 0.05) is 12.6 Å². The third-order valence-electron chi connectivity index (χ3n) is 4.17. The maximum atomic E-state index is 12.3. The van der Waals surface area contributed by atoms with Crippen LogP contribution in [-0.2, 0) is 18.4 Å². The molecule has 1 aromatic rings. The minimum absolute atomic E-state index is 0. The second-order valence-electron chi connectivity index (χ2n) is 5.74. The third-order valence-corrected chi connectivity index (χ3v) is 4.17. The van der Waals surface area contributed by atoms with E-state index in [4.69, 9.17) is 5.73 Å². The van der Waals surface area contributed by atoms with Gasteiger partial charge in [-0.05, 0) is 26.7 Å². The van der Waals surface area contributed by atoms with Gasteiger partial charge in [0.15, 0.2) is 5.82 Å². The molecule has 2 unspecified atom stereocenters. The van der Waals surface area contributed by atoms with Gasteiger partial charge >= 0.3 is 0 Å². The molecule has 8 heteroatoms. The fourth-order valence-corrected chi connectivity index (χ4v) is 2.68. The number of hydrogen-bond acceptors (Lipinski definition) is 4. The van der Waals surface area contributed by atoms with E-state index in [0.29, 0.717) is 6.54 Å². The molecule has 1 aromatic heterocycles. The first-order valence-electron chi connectivity index (χ1n) is 6.83. The molecular weight excluding hydrogens is 313 g/mol. The Balaban J connectivity index is 0.00000200. The van der Waals surface area contributed by atoms with Gasteiger partial charge in [-0.2, -0.15) is 0 Å². The molecule has 1 fully saturated rings. The summed E-state index contributed by atoms with van der Waals surface area (Å²) in [5.41, 5.74) is 5.84. The zero-order valence-electron chi connectivity index (χ0n) is 12.8. The number of amides is 1. The molecule has 1 aliphatic carbocycles. The van der Waals surface area contributed by atoms with Crippen LogP contribution in [0, 0.1) is 12.8 Å². The molecule has 3 N–H and O–H groups in total. The zero-order chi connectivity index (χ0) is 14.0. The lowest BCUT2D eigenvalue weighted by molar-refractivity contribution is -0.128. The lowest BCUT2D eigenvalue weighted by Crippen LogP contribution is -2.52. The summed E-state index contributed by atoms with van der Waals surface area (Å²) in [6.07, 6.45) is 3.97. The van der Waals surface area contributed by atoms with Crippen LogP contribution in [0.15, 0.2) is 0 Å². The minimum atomic E-state index is -0.391. The maximum Gasteiger partial charge on any atom is 0.225 e. The summed E-state index contributed by atoms with van der Waals surface area (Å²) in [5.74, 6) is 1.53. The SMILES string of the molecule is Cc1nnc(CNC(=O)C2CCCCC2(C)N)n1C.Cl.Cl. The summed E-state index contributed by atoms with van der Waals surface area (Å²) in [5, 5.41) is 10.9. The molecule has 1 heterocycles. The van der Waals surface area contributed by atoms with E-state index >= 15 is 0 Å². The van der Waals surface area contributed by atoms with Crippen molar-refractivity contribution >= 4 is 30.7 Å². The number of carbonyl (C=O) groups is 1. The molecule has 1 amide bonds. The van der Waals surface area contributed by atoms with Crippen molar-refractivity contribution in [1.82, 2.24) is 20.1 Å². The van der Waals surface area contributed by atoms with Gasteiger partial charge in [0.2, 0.25) is 5.91 Å². The first-order chi connectivity index (χ1) is 8.92. The van der Waals surface area contributed by atoms with Gasteiger partial charge in [-0.3, -0.25) is 4.79 Å². The number of aryl methyl sites for hydroxylation is 1. The van der Waals surface area contributed by atoms with Crippen LogP contribution < -0.4 is 11.1 Å². The number of halogens is 2. The van der Waals surface area contributed by atoms with E-state index in [0.717, 1.165) is 37.3 Å². The van der Waals surface area contributed by atoms with E-state index in [1.54, 1.807) is 0 Å². The van der Waals surface area contributed by atoms with Crippen LogP contribution in [0.3, 0.4) is 0 Å². The lowest BCUT2D eigenvalue weighted by atomic mass is 9.74.